The molecule has 0 aromatic carbocycles. The highest BCUT2D eigenvalue weighted by Crippen LogP contribution is 2.17. The summed E-state index contributed by atoms with van der Waals surface area (Å²) < 4.78 is 4.31. The van der Waals surface area contributed by atoms with Gasteiger partial charge in [-0.2, -0.15) is 0 Å². The Labute approximate surface area is 86.4 Å². The third-order valence-corrected chi connectivity index (χ3v) is 2.11. The van der Waals surface area contributed by atoms with Gasteiger partial charge in [-0.25, -0.2) is 14.4 Å². The Morgan fingerprint density at radius 3 is 2.07 bits per heavy atom. The average molecular weight is 213 g/mol. The van der Waals surface area contributed by atoms with E-state index in [1.54, 1.807) is 0 Å². The van der Waals surface area contributed by atoms with Crippen molar-refractivity contribution in [1.82, 2.24) is 5.06 Å². The first-order valence-electron chi connectivity index (χ1n) is 4.25. The molecule has 0 aromatic rings. The minimum absolute atomic E-state index is 0.324. The summed E-state index contributed by atoms with van der Waals surface area (Å²) in [4.78, 5) is 38.3. The summed E-state index contributed by atoms with van der Waals surface area (Å²) in [5, 5.41) is 0.571. The monoisotopic (exact) mass is 213 g/mol. The summed E-state index contributed by atoms with van der Waals surface area (Å²) >= 11 is 0. The largest absolute Gasteiger partial charge is 0.467 e. The Kier molecular flexibility index (Phi) is 3.33. The molecule has 0 aromatic heterocycles. The fourth-order valence-corrected chi connectivity index (χ4v) is 1.01. The van der Waals surface area contributed by atoms with Gasteiger partial charge in [0.05, 0.1) is 18.3 Å². The molecule has 0 N–H and O–H groups in total. The molecule has 0 spiro atoms. The molecule has 0 fully saturated rings. The van der Waals surface area contributed by atoms with Crippen molar-refractivity contribution in [1.29, 1.82) is 0 Å². The summed E-state index contributed by atoms with van der Waals surface area (Å²) in [5.41, 5.74) is 0.648. The first kappa shape index (κ1) is 11.5. The highest BCUT2D eigenvalue weighted by molar-refractivity contribution is 6.20. The minimum atomic E-state index is -0.655. The maximum atomic E-state index is 11.4. The van der Waals surface area contributed by atoms with Gasteiger partial charge in [0.2, 0.25) is 6.61 Å². The van der Waals surface area contributed by atoms with Crippen LogP contribution < -0.4 is 5.06 Å². The molecule has 1 radical (unpaired) electrons. The van der Waals surface area contributed by atoms with Gasteiger partial charge in [0.25, 0.3) is 0 Å². The van der Waals surface area contributed by atoms with E-state index in [9.17, 15) is 14.4 Å². The fraction of sp³-hybridized carbons (Fsp3) is 0.444. The Bertz CT molecular complexity index is 334. The van der Waals surface area contributed by atoms with Crippen LogP contribution in [0.3, 0.4) is 0 Å². The molecule has 0 aliphatic carbocycles. The molecule has 0 unspecified atom stereocenters. The number of esters is 1. The molecule has 81 valence electrons. The summed E-state index contributed by atoms with van der Waals surface area (Å²) in [6, 6.07) is 0. The van der Waals surface area contributed by atoms with E-state index in [0.717, 1.165) is 0 Å². The lowest BCUT2D eigenvalue weighted by Gasteiger charge is -1.98. The molecule has 0 saturated heterocycles. The lowest BCUT2D eigenvalue weighted by atomic mass is 10.2. The van der Waals surface area contributed by atoms with Crippen molar-refractivity contribution in [3.05, 3.63) is 11.1 Å². The van der Waals surface area contributed by atoms with Crippen LogP contribution in [0.2, 0.25) is 0 Å². The van der Waals surface area contributed by atoms with Crippen LogP contribution in [0.25, 0.3) is 0 Å². The van der Waals surface area contributed by atoms with E-state index < -0.39 is 24.4 Å². The summed E-state index contributed by atoms with van der Waals surface area (Å²) in [6.07, 6.45) is 0. The fourth-order valence-electron chi connectivity index (χ4n) is 1.01. The number of hydroxylamine groups is 2. The van der Waals surface area contributed by atoms with Gasteiger partial charge < -0.3 is 4.74 Å². The number of rotatable bonds is 3. The van der Waals surface area contributed by atoms with Crippen molar-refractivity contribution in [2.75, 3.05) is 13.7 Å². The summed E-state index contributed by atoms with van der Waals surface area (Å²) in [7, 11) is 1.19. The zero-order valence-corrected chi connectivity index (χ0v) is 8.70. The van der Waals surface area contributed by atoms with Crippen molar-refractivity contribution in [2.24, 2.45) is 0 Å². The smallest absolute Gasteiger partial charge is 0.435 e. The molecule has 0 saturated carbocycles. The number of methoxy groups -OCH3 is 1. The van der Waals surface area contributed by atoms with Crippen molar-refractivity contribution >= 4 is 17.8 Å². The van der Waals surface area contributed by atoms with Gasteiger partial charge in [0.1, 0.15) is 5.06 Å². The van der Waals surface area contributed by atoms with Crippen LogP contribution in [-0.2, 0) is 24.0 Å². The number of amides is 2. The molecule has 15 heavy (non-hydrogen) atoms. The maximum absolute atomic E-state index is 11.4. The quantitative estimate of drug-likeness (QED) is 0.363. The summed E-state index contributed by atoms with van der Waals surface area (Å²) in [5.74, 6) is -1.74. The molecule has 0 bridgehead atoms. The van der Waals surface area contributed by atoms with E-state index in [0.29, 0.717) is 16.2 Å². The predicted octanol–water partition coefficient (Wildman–Crippen LogP) is -0.366. The number of ether oxygens (including phenoxy) is 1. The number of carbonyl (C=O) groups is 3. The highest BCUT2D eigenvalue weighted by Gasteiger charge is 2.49. The van der Waals surface area contributed by atoms with Gasteiger partial charge in [-0.1, -0.05) is 0 Å². The first-order valence-corrected chi connectivity index (χ1v) is 4.25. The number of hydrogen-bond donors (Lipinski definition) is 0. The highest BCUT2D eigenvalue weighted by atomic mass is 16.7. The molecule has 2 amide bonds. The standard InChI is InChI=1S/C9H11NO5/c1-5-6(2)9(13)10(8(5)12)15-4-7(11)14-3/h4H2,1-3H3/q+1. The zero-order valence-electron chi connectivity index (χ0n) is 8.70. The normalized spacial score (nSPS) is 17.5. The Morgan fingerprint density at radius 2 is 1.67 bits per heavy atom. The molecule has 0 atom stereocenters. The lowest BCUT2D eigenvalue weighted by Crippen LogP contribution is -2.39. The van der Waals surface area contributed by atoms with Gasteiger partial charge in [-0.15, -0.1) is 4.84 Å². The van der Waals surface area contributed by atoms with E-state index in [4.69, 9.17) is 4.84 Å². The molecule has 6 heteroatoms. The van der Waals surface area contributed by atoms with Gasteiger partial charge in [-0.05, 0) is 13.8 Å². The number of hydrogen-bond acceptors (Lipinski definition) is 5. The molecule has 1 heterocycles. The SMILES string of the molecule is COC(=O)CO[N+]1C(=O)C(C)=C(C)C1=O. The molecule has 1 rings (SSSR count). The second-order valence-electron chi connectivity index (χ2n) is 3.00. The van der Waals surface area contributed by atoms with Crippen molar-refractivity contribution in [3.63, 3.8) is 0 Å². The molecular weight excluding hydrogens is 202 g/mol. The first-order chi connectivity index (χ1) is 6.99. The number of imide groups is 1. The second-order valence-corrected chi connectivity index (χ2v) is 3.00. The molecular formula is C9H11NO5+. The van der Waals surface area contributed by atoms with E-state index in [1.807, 2.05) is 0 Å². The number of carbonyl (C=O) groups excluding carboxylic acids is 3. The van der Waals surface area contributed by atoms with Crippen molar-refractivity contribution in [2.45, 2.75) is 13.8 Å². The third-order valence-electron chi connectivity index (χ3n) is 2.11. The topological polar surface area (TPSA) is 75.6 Å². The predicted molar refractivity (Wildman–Crippen MR) is 48.5 cm³/mol. The van der Waals surface area contributed by atoms with Crippen LogP contribution in [-0.4, -0.2) is 31.5 Å². The van der Waals surface area contributed by atoms with Crippen LogP contribution in [0.15, 0.2) is 11.1 Å². The van der Waals surface area contributed by atoms with Crippen LogP contribution >= 0.6 is 0 Å². The van der Waals surface area contributed by atoms with Gasteiger partial charge >= 0.3 is 17.8 Å². The van der Waals surface area contributed by atoms with Gasteiger partial charge in [-0.3, -0.25) is 0 Å². The Balaban J connectivity index is 2.64. The molecule has 1 aliphatic rings. The number of nitrogens with zero attached hydrogens (tertiary/aromatic N) is 1. The molecule has 6 nitrogen and oxygen atoms in total. The zero-order chi connectivity index (χ0) is 11.6. The van der Waals surface area contributed by atoms with Gasteiger partial charge in [0.15, 0.2) is 0 Å². The van der Waals surface area contributed by atoms with E-state index in [2.05, 4.69) is 4.74 Å². The van der Waals surface area contributed by atoms with Gasteiger partial charge in [0, 0.05) is 0 Å². The van der Waals surface area contributed by atoms with Crippen LogP contribution in [0, 0.1) is 0 Å². The Hall–Kier alpha value is -1.53. The van der Waals surface area contributed by atoms with E-state index in [-0.39, 0.29) is 0 Å². The molecule has 1 aliphatic heterocycles. The average Bonchev–Trinajstić information content (AvgIpc) is 2.41. The maximum Gasteiger partial charge on any atom is 0.435 e. The third kappa shape index (κ3) is 2.11. The van der Waals surface area contributed by atoms with Crippen LogP contribution in [0.4, 0.5) is 0 Å². The minimum Gasteiger partial charge on any atom is -0.467 e. The second kappa shape index (κ2) is 4.33. The Morgan fingerprint density at radius 1 is 1.20 bits per heavy atom. The lowest BCUT2D eigenvalue weighted by molar-refractivity contribution is -0.169. The summed E-state index contributed by atoms with van der Waals surface area (Å²) in [6.45, 7) is 2.59. The van der Waals surface area contributed by atoms with Crippen LogP contribution in [0.1, 0.15) is 13.8 Å². The van der Waals surface area contributed by atoms with E-state index >= 15 is 0 Å². The van der Waals surface area contributed by atoms with E-state index in [1.165, 1.54) is 21.0 Å². The van der Waals surface area contributed by atoms with Crippen molar-refractivity contribution in [3.8, 4) is 0 Å². The van der Waals surface area contributed by atoms with Crippen molar-refractivity contribution < 1.29 is 24.0 Å². The van der Waals surface area contributed by atoms with Crippen LogP contribution in [0.5, 0.6) is 0 Å².